The second kappa shape index (κ2) is 8.27. The van der Waals surface area contributed by atoms with Crippen LogP contribution in [0, 0.1) is 0 Å². The van der Waals surface area contributed by atoms with E-state index in [1.54, 1.807) is 12.1 Å². The number of nitrogens with zero attached hydrogens (tertiary/aromatic N) is 2. The van der Waals surface area contributed by atoms with Gasteiger partial charge < -0.3 is 14.8 Å². The summed E-state index contributed by atoms with van der Waals surface area (Å²) in [4.78, 5) is 19.8. The number of rotatable bonds is 6. The second-order valence-electron chi connectivity index (χ2n) is 7.47. The van der Waals surface area contributed by atoms with Crippen LogP contribution in [0.5, 0.6) is 0 Å². The zero-order valence-electron chi connectivity index (χ0n) is 16.2. The number of likely N-dealkylation sites (tertiary alicyclic amines) is 1. The van der Waals surface area contributed by atoms with Gasteiger partial charge in [-0.25, -0.2) is 14.2 Å². The van der Waals surface area contributed by atoms with Gasteiger partial charge in [-0.15, -0.1) is 0 Å². The van der Waals surface area contributed by atoms with Crippen molar-refractivity contribution in [3.8, 4) is 0 Å². The average Bonchev–Trinajstić information content (AvgIpc) is 3.27. The molecule has 10 heteroatoms. The Morgan fingerprint density at radius 2 is 1.94 bits per heavy atom. The Hall–Kier alpha value is -2.98. The standard InChI is InChI=1S/C21H19F4N3O3/c22-15-9-28(8-12-1-3-13(4-2-12)20(29)30)10-18(15)31-11-19-26-16-6-5-14(21(23,24)25)7-17(16)27-19/h1-7,15,18H,8-11H2,(H,26,27)(H,29,30)/t15-,18+/m1/s1. The molecule has 0 bridgehead atoms. The van der Waals surface area contributed by atoms with Crippen LogP contribution < -0.4 is 0 Å². The summed E-state index contributed by atoms with van der Waals surface area (Å²) in [5.41, 5.74) is 0.880. The van der Waals surface area contributed by atoms with Crippen LogP contribution in [0.25, 0.3) is 11.0 Å². The highest BCUT2D eigenvalue weighted by Gasteiger charge is 2.34. The van der Waals surface area contributed by atoms with Gasteiger partial charge in [0.2, 0.25) is 0 Å². The summed E-state index contributed by atoms with van der Waals surface area (Å²) in [7, 11) is 0. The Kier molecular flexibility index (Phi) is 5.67. The predicted molar refractivity (Wildman–Crippen MR) is 103 cm³/mol. The van der Waals surface area contributed by atoms with Gasteiger partial charge in [-0.3, -0.25) is 4.90 Å². The molecule has 164 valence electrons. The van der Waals surface area contributed by atoms with Gasteiger partial charge in [-0.2, -0.15) is 13.2 Å². The van der Waals surface area contributed by atoms with E-state index in [1.807, 2.05) is 4.90 Å². The first-order chi connectivity index (χ1) is 14.7. The van der Waals surface area contributed by atoms with Gasteiger partial charge >= 0.3 is 12.1 Å². The molecular formula is C21H19F4N3O3. The number of carboxylic acid groups (broad SMARTS) is 1. The number of aromatic nitrogens is 2. The summed E-state index contributed by atoms with van der Waals surface area (Å²) >= 11 is 0. The molecule has 0 unspecified atom stereocenters. The van der Waals surface area contributed by atoms with Crippen LogP contribution in [0.2, 0.25) is 0 Å². The van der Waals surface area contributed by atoms with E-state index in [9.17, 15) is 22.4 Å². The van der Waals surface area contributed by atoms with Crippen molar-refractivity contribution in [3.63, 3.8) is 0 Å². The van der Waals surface area contributed by atoms with Crippen LogP contribution in [0.1, 0.15) is 27.3 Å². The molecule has 1 aromatic heterocycles. The van der Waals surface area contributed by atoms with E-state index in [-0.39, 0.29) is 24.2 Å². The largest absolute Gasteiger partial charge is 0.478 e. The number of aromatic amines is 1. The van der Waals surface area contributed by atoms with Crippen LogP contribution in [-0.4, -0.2) is 51.3 Å². The third-order valence-corrected chi connectivity index (χ3v) is 5.17. The molecule has 6 nitrogen and oxygen atoms in total. The van der Waals surface area contributed by atoms with Gasteiger partial charge in [-0.1, -0.05) is 12.1 Å². The summed E-state index contributed by atoms with van der Waals surface area (Å²) in [6.07, 6.45) is -6.37. The molecule has 0 spiro atoms. The Labute approximate surface area is 174 Å². The normalized spacial score (nSPS) is 19.9. The molecule has 2 aromatic carbocycles. The molecule has 2 atom stereocenters. The molecular weight excluding hydrogens is 418 g/mol. The Bertz CT molecular complexity index is 1080. The van der Waals surface area contributed by atoms with Crippen LogP contribution in [0.15, 0.2) is 42.5 Å². The topological polar surface area (TPSA) is 78.4 Å². The van der Waals surface area contributed by atoms with Crippen LogP contribution in [0.3, 0.4) is 0 Å². The minimum atomic E-state index is -4.45. The van der Waals surface area contributed by atoms with Crippen LogP contribution in [0.4, 0.5) is 17.6 Å². The maximum absolute atomic E-state index is 14.4. The Morgan fingerprint density at radius 3 is 2.61 bits per heavy atom. The predicted octanol–water partition coefficient (Wildman–Crippen LogP) is 4.02. The molecule has 0 radical (unpaired) electrons. The lowest BCUT2D eigenvalue weighted by atomic mass is 10.1. The number of hydrogen-bond donors (Lipinski definition) is 2. The lowest BCUT2D eigenvalue weighted by Gasteiger charge is -2.15. The van der Waals surface area contributed by atoms with E-state index in [0.29, 0.717) is 24.4 Å². The number of aromatic carboxylic acids is 1. The summed E-state index contributed by atoms with van der Waals surface area (Å²) in [5.74, 6) is -0.686. The number of imidazole rings is 1. The van der Waals surface area contributed by atoms with Gasteiger partial charge in [0.15, 0.2) is 0 Å². The molecule has 1 fully saturated rings. The fourth-order valence-corrected chi connectivity index (χ4v) is 3.60. The molecule has 3 aromatic rings. The highest BCUT2D eigenvalue weighted by molar-refractivity contribution is 5.87. The molecule has 2 heterocycles. The number of alkyl halides is 4. The van der Waals surface area contributed by atoms with E-state index in [0.717, 1.165) is 17.7 Å². The van der Waals surface area contributed by atoms with Crippen LogP contribution in [-0.2, 0) is 24.1 Å². The number of fused-ring (bicyclic) bond motifs is 1. The lowest BCUT2D eigenvalue weighted by molar-refractivity contribution is -0.137. The first-order valence-electron chi connectivity index (χ1n) is 9.55. The maximum atomic E-state index is 14.4. The highest BCUT2D eigenvalue weighted by atomic mass is 19.4. The van der Waals surface area contributed by atoms with E-state index >= 15 is 0 Å². The Morgan fingerprint density at radius 1 is 1.19 bits per heavy atom. The van der Waals surface area contributed by atoms with Gasteiger partial charge in [0.1, 0.15) is 24.7 Å². The van der Waals surface area contributed by atoms with Crippen LogP contribution >= 0.6 is 0 Å². The molecule has 0 aliphatic carbocycles. The van der Waals surface area contributed by atoms with Crippen molar-refractivity contribution in [1.29, 1.82) is 0 Å². The molecule has 1 aliphatic heterocycles. The zero-order chi connectivity index (χ0) is 22.2. The van der Waals surface area contributed by atoms with Gasteiger partial charge in [-0.05, 0) is 35.9 Å². The first-order valence-corrected chi connectivity index (χ1v) is 9.55. The minimum absolute atomic E-state index is 0.0533. The van der Waals surface area contributed by atoms with Crippen molar-refractivity contribution in [2.24, 2.45) is 0 Å². The van der Waals surface area contributed by atoms with E-state index in [2.05, 4.69) is 9.97 Å². The molecule has 2 N–H and O–H groups in total. The number of benzene rings is 2. The molecule has 0 saturated carbocycles. The fraction of sp³-hybridized carbons (Fsp3) is 0.333. The Balaban J connectivity index is 1.35. The average molecular weight is 437 g/mol. The van der Waals surface area contributed by atoms with Crippen molar-refractivity contribution in [1.82, 2.24) is 14.9 Å². The third-order valence-electron chi connectivity index (χ3n) is 5.17. The van der Waals surface area contributed by atoms with Crippen molar-refractivity contribution < 1.29 is 32.2 Å². The van der Waals surface area contributed by atoms with E-state index < -0.39 is 30.0 Å². The number of ether oxygens (including phenoxy) is 1. The summed E-state index contributed by atoms with van der Waals surface area (Å²) in [6.45, 7) is 0.897. The monoisotopic (exact) mass is 437 g/mol. The minimum Gasteiger partial charge on any atom is -0.478 e. The highest BCUT2D eigenvalue weighted by Crippen LogP contribution is 2.31. The molecule has 4 rings (SSSR count). The van der Waals surface area contributed by atoms with Gasteiger partial charge in [0.05, 0.1) is 22.2 Å². The van der Waals surface area contributed by atoms with E-state index in [4.69, 9.17) is 9.84 Å². The van der Waals surface area contributed by atoms with Crippen molar-refractivity contribution in [3.05, 3.63) is 65.0 Å². The molecule has 0 amide bonds. The fourth-order valence-electron chi connectivity index (χ4n) is 3.60. The maximum Gasteiger partial charge on any atom is 0.416 e. The summed E-state index contributed by atoms with van der Waals surface area (Å²) in [6, 6.07) is 9.60. The number of nitrogens with one attached hydrogen (secondary N) is 1. The molecule has 1 saturated heterocycles. The number of H-pyrrole nitrogens is 1. The number of carbonyl (C=O) groups is 1. The number of carboxylic acids is 1. The van der Waals surface area contributed by atoms with Gasteiger partial charge in [0, 0.05) is 19.6 Å². The third kappa shape index (κ3) is 4.86. The number of hydrogen-bond acceptors (Lipinski definition) is 4. The first kappa shape index (κ1) is 21.3. The zero-order valence-corrected chi connectivity index (χ0v) is 16.2. The molecule has 31 heavy (non-hydrogen) atoms. The quantitative estimate of drug-likeness (QED) is 0.570. The smallest absolute Gasteiger partial charge is 0.416 e. The summed E-state index contributed by atoms with van der Waals surface area (Å²) in [5, 5.41) is 8.94. The van der Waals surface area contributed by atoms with Crippen molar-refractivity contribution >= 4 is 17.0 Å². The van der Waals surface area contributed by atoms with E-state index in [1.165, 1.54) is 18.2 Å². The second-order valence-corrected chi connectivity index (χ2v) is 7.47. The number of halogens is 4. The lowest BCUT2D eigenvalue weighted by Crippen LogP contribution is -2.24. The van der Waals surface area contributed by atoms with Crippen molar-refractivity contribution in [2.45, 2.75) is 31.6 Å². The van der Waals surface area contributed by atoms with Crippen molar-refractivity contribution in [2.75, 3.05) is 13.1 Å². The SMILES string of the molecule is O=C(O)c1ccc(CN2C[C@@H](F)[C@@H](OCc3nc4ccc(C(F)(F)F)cc4[nH]3)C2)cc1. The summed E-state index contributed by atoms with van der Waals surface area (Å²) < 4.78 is 58.5. The van der Waals surface area contributed by atoms with Gasteiger partial charge in [0.25, 0.3) is 0 Å². The molecule has 1 aliphatic rings.